The molecule has 2 aliphatic rings. The van der Waals surface area contributed by atoms with Gasteiger partial charge in [-0.05, 0) is 0 Å². The van der Waals surface area contributed by atoms with Gasteiger partial charge in [0.25, 0.3) is 0 Å². The Labute approximate surface area is 161 Å². The first kappa shape index (κ1) is 22.9. The normalized spacial score (nSPS) is 27.3. The Kier molecular flexibility index (Phi) is 7.34. The maximum Gasteiger partial charge on any atom is -1.00 e. The van der Waals surface area contributed by atoms with Crippen molar-refractivity contribution < 1.29 is 54.1 Å². The van der Waals surface area contributed by atoms with Gasteiger partial charge in [0.05, 0.1) is 0 Å². The first-order valence-electron chi connectivity index (χ1n) is 7.13. The summed E-state index contributed by atoms with van der Waals surface area (Å²) in [6.45, 7) is 15.6. The summed E-state index contributed by atoms with van der Waals surface area (Å²) in [7, 11) is -1.47. The molecule has 0 aromatic rings. The Morgan fingerprint density at radius 2 is 1.64 bits per heavy atom. The van der Waals surface area contributed by atoms with E-state index in [4.69, 9.17) is 8.85 Å². The van der Waals surface area contributed by atoms with E-state index in [0.29, 0.717) is 0 Å². The Balaban J connectivity index is 0.00000220. The molecule has 0 radical (unpaired) electrons. The summed E-state index contributed by atoms with van der Waals surface area (Å²) in [4.78, 5) is 0. The van der Waals surface area contributed by atoms with Crippen LogP contribution in [0.2, 0.25) is 26.2 Å². The van der Waals surface area contributed by atoms with Crippen molar-refractivity contribution in [2.24, 2.45) is 0 Å². The molecular weight excluding hydrogens is 389 g/mol. The van der Waals surface area contributed by atoms with Crippen molar-refractivity contribution in [3.63, 3.8) is 0 Å². The summed E-state index contributed by atoms with van der Waals surface area (Å²) in [6.07, 6.45) is 0.126. The molecule has 1 fully saturated rings. The topological polar surface area (TPSA) is 30.5 Å². The maximum atomic E-state index is 6.44. The number of fused-ring (bicyclic) bond motifs is 1. The molecule has 1 aliphatic heterocycles. The van der Waals surface area contributed by atoms with Gasteiger partial charge in [0.1, 0.15) is 0 Å². The third-order valence-electron chi connectivity index (χ3n) is 3.59. The molecule has 2 unspecified atom stereocenters. The van der Waals surface area contributed by atoms with Gasteiger partial charge >= 0.3 is 137 Å². The van der Waals surface area contributed by atoms with E-state index in [9.17, 15) is 0 Å². The average Bonchev–Trinajstić information content (AvgIpc) is 2.77. The molecule has 0 aromatic heterocycles. The van der Waals surface area contributed by atoms with Crippen molar-refractivity contribution >= 4 is 16.6 Å². The Morgan fingerprint density at radius 1 is 1.14 bits per heavy atom. The molecule has 0 bridgehead atoms. The minimum Gasteiger partial charge on any atom is -1.00 e. The van der Waals surface area contributed by atoms with Crippen LogP contribution in [0.15, 0.2) is 20.0 Å². The first-order chi connectivity index (χ1) is 8.91. The molecule has 0 saturated carbocycles. The largest absolute Gasteiger partial charge is 1.00 e. The molecule has 8 heteroatoms. The minimum atomic E-state index is -1.74. The van der Waals surface area contributed by atoms with E-state index in [0.717, 1.165) is 0 Å². The molecular formula is C14H26Cl2NO2Si2Ti. The van der Waals surface area contributed by atoms with Crippen molar-refractivity contribution in [3.05, 3.63) is 20.0 Å². The Bertz CT molecular complexity index is 512. The zero-order valence-corrected chi connectivity index (χ0v) is 19.7. The van der Waals surface area contributed by atoms with E-state index < -0.39 is 16.6 Å². The van der Waals surface area contributed by atoms with Crippen LogP contribution in [0.25, 0.3) is 0 Å². The number of rotatable bonds is 4. The third kappa shape index (κ3) is 4.31. The quantitative estimate of drug-likeness (QED) is 0.497. The average molecular weight is 415 g/mol. The fourth-order valence-electron chi connectivity index (χ4n) is 2.76. The predicted octanol–water partition coefficient (Wildman–Crippen LogP) is -3.02. The van der Waals surface area contributed by atoms with Crippen molar-refractivity contribution in [2.75, 3.05) is 7.11 Å². The number of halogens is 2. The van der Waals surface area contributed by atoms with Gasteiger partial charge in [-0.2, -0.15) is 0 Å². The molecule has 1 N–H and O–H groups in total. The van der Waals surface area contributed by atoms with E-state index in [1.165, 1.54) is 20.0 Å². The second-order valence-corrected chi connectivity index (χ2v) is 16.6. The summed E-state index contributed by atoms with van der Waals surface area (Å²) in [5.41, 5.74) is 1.33. The third-order valence-corrected chi connectivity index (χ3v) is 9.24. The van der Waals surface area contributed by atoms with Crippen LogP contribution in [-0.2, 0) is 29.3 Å². The predicted molar refractivity (Wildman–Crippen MR) is 83.8 cm³/mol. The molecule has 2 rings (SSSR count). The van der Waals surface area contributed by atoms with Gasteiger partial charge in [-0.3, -0.25) is 0 Å². The molecule has 3 nitrogen and oxygen atoms in total. The second kappa shape index (κ2) is 7.04. The van der Waals surface area contributed by atoms with E-state index in [2.05, 4.69) is 72.7 Å². The van der Waals surface area contributed by atoms with Crippen molar-refractivity contribution in [2.45, 2.75) is 58.6 Å². The van der Waals surface area contributed by atoms with Crippen LogP contribution in [0.1, 0.15) is 20.8 Å². The Hall–Kier alpha value is 0.928. The molecule has 1 saturated heterocycles. The molecule has 0 amide bonds. The van der Waals surface area contributed by atoms with Crippen molar-refractivity contribution in [1.29, 1.82) is 0 Å². The van der Waals surface area contributed by atoms with E-state index in [-0.39, 0.29) is 36.5 Å². The SMILES string of the molecule is CO[Si]1(C)C2=[C]([Ti+2])C(O[Si](C)(C)C)C(NC(C)(C)C)=C21.[Cl-].[Cl-]. The van der Waals surface area contributed by atoms with Crippen LogP contribution in [0.4, 0.5) is 0 Å². The zero-order chi connectivity index (χ0) is 15.5. The molecule has 0 spiro atoms. The second-order valence-electron chi connectivity index (χ2n) is 7.80. The summed E-state index contributed by atoms with van der Waals surface area (Å²) < 4.78 is 13.7. The van der Waals surface area contributed by atoms with Crippen LogP contribution in [0, 0.1) is 0 Å². The van der Waals surface area contributed by atoms with Crippen LogP contribution < -0.4 is 30.1 Å². The number of hydrogen-bond acceptors (Lipinski definition) is 3. The molecule has 22 heavy (non-hydrogen) atoms. The van der Waals surface area contributed by atoms with Gasteiger partial charge in [0.2, 0.25) is 0 Å². The zero-order valence-electron chi connectivity index (χ0n) is 14.6. The van der Waals surface area contributed by atoms with Gasteiger partial charge in [-0.25, -0.2) is 0 Å². The Morgan fingerprint density at radius 3 is 2.00 bits per heavy atom. The summed E-state index contributed by atoms with van der Waals surface area (Å²) >= 11 is 2.22. The van der Waals surface area contributed by atoms with Gasteiger partial charge in [0, 0.05) is 0 Å². The molecule has 1 aliphatic carbocycles. The molecule has 0 aromatic carbocycles. The van der Waals surface area contributed by atoms with Crippen LogP contribution in [0.3, 0.4) is 0 Å². The monoisotopic (exact) mass is 414 g/mol. The summed E-state index contributed by atoms with van der Waals surface area (Å²) in [5, 5.41) is 6.63. The summed E-state index contributed by atoms with van der Waals surface area (Å²) in [6, 6.07) is 0. The van der Waals surface area contributed by atoms with Gasteiger partial charge < -0.3 is 24.8 Å². The summed E-state index contributed by atoms with van der Waals surface area (Å²) in [5.74, 6) is 0. The smallest absolute Gasteiger partial charge is 1.00 e. The van der Waals surface area contributed by atoms with E-state index in [1.807, 2.05) is 7.11 Å². The van der Waals surface area contributed by atoms with Crippen LogP contribution >= 0.6 is 0 Å². The van der Waals surface area contributed by atoms with E-state index >= 15 is 0 Å². The molecule has 1 heterocycles. The minimum absolute atomic E-state index is 0. The van der Waals surface area contributed by atoms with Crippen LogP contribution in [0.5, 0.6) is 0 Å². The van der Waals surface area contributed by atoms with Crippen LogP contribution in [-0.4, -0.2) is 35.4 Å². The number of hydrogen-bond donors (Lipinski definition) is 1. The molecule has 125 valence electrons. The number of nitrogens with one attached hydrogen (secondary N) is 1. The van der Waals surface area contributed by atoms with Gasteiger partial charge in [-0.15, -0.1) is 0 Å². The van der Waals surface area contributed by atoms with Crippen molar-refractivity contribution in [3.8, 4) is 0 Å². The maximum absolute atomic E-state index is 6.44. The standard InChI is InChI=1S/C14H26NO2Si2.2ClH.Ti/c1-14(2,3)15-12-10(17-18(5,6)7)9-11-13(12)19(11,8)16-4;;;/h10,15H,1-8H3;2*1H;/q;;;+2/p-2. The fourth-order valence-corrected chi connectivity index (χ4v) is 8.98. The molecule has 2 atom stereocenters. The fraction of sp³-hybridized carbons (Fsp3) is 0.714. The van der Waals surface area contributed by atoms with Gasteiger partial charge in [-0.1, -0.05) is 0 Å². The van der Waals surface area contributed by atoms with E-state index in [1.54, 1.807) is 0 Å². The first-order valence-corrected chi connectivity index (χ1v) is 13.7. The van der Waals surface area contributed by atoms with Gasteiger partial charge in [0.15, 0.2) is 0 Å². The number of allylic oxidation sites excluding steroid dienone is 2. The van der Waals surface area contributed by atoms with Crippen molar-refractivity contribution in [1.82, 2.24) is 5.32 Å².